The van der Waals surface area contributed by atoms with Crippen molar-refractivity contribution in [3.63, 3.8) is 0 Å². The van der Waals surface area contributed by atoms with Gasteiger partial charge in [-0.05, 0) is 18.1 Å². The highest BCUT2D eigenvalue weighted by atomic mass is 19.4. The lowest BCUT2D eigenvalue weighted by Crippen LogP contribution is -2.42. The van der Waals surface area contributed by atoms with Gasteiger partial charge in [-0.3, -0.25) is 4.99 Å². The van der Waals surface area contributed by atoms with Gasteiger partial charge in [0, 0.05) is 45.3 Å². The molecule has 0 radical (unpaired) electrons. The van der Waals surface area contributed by atoms with E-state index in [1.807, 2.05) is 30.3 Å². The summed E-state index contributed by atoms with van der Waals surface area (Å²) in [6.07, 6.45) is -2.38. The van der Waals surface area contributed by atoms with E-state index in [-0.39, 0.29) is 5.95 Å². The number of likely N-dealkylation sites (tertiary alicyclic amines) is 1. The topological polar surface area (TPSA) is 74.7 Å². The molecular formula is C21H27F3N6O. The fourth-order valence-corrected chi connectivity index (χ4v) is 3.36. The van der Waals surface area contributed by atoms with Gasteiger partial charge in [-0.1, -0.05) is 30.3 Å². The van der Waals surface area contributed by atoms with Gasteiger partial charge in [-0.15, -0.1) is 0 Å². The van der Waals surface area contributed by atoms with Gasteiger partial charge in [-0.2, -0.15) is 13.2 Å². The first-order valence-corrected chi connectivity index (χ1v) is 10.2. The molecule has 1 aromatic heterocycles. The van der Waals surface area contributed by atoms with Crippen LogP contribution in [0.4, 0.5) is 19.1 Å². The lowest BCUT2D eigenvalue weighted by atomic mass is 10.1. The van der Waals surface area contributed by atoms with Crippen molar-refractivity contribution in [3.8, 4) is 0 Å². The van der Waals surface area contributed by atoms with Crippen LogP contribution in [0.2, 0.25) is 0 Å². The third-order valence-electron chi connectivity index (χ3n) is 4.90. The Morgan fingerprint density at radius 3 is 2.77 bits per heavy atom. The lowest BCUT2D eigenvalue weighted by Gasteiger charge is -2.22. The normalized spacial score (nSPS) is 17.1. The van der Waals surface area contributed by atoms with Crippen molar-refractivity contribution in [2.24, 2.45) is 10.9 Å². The smallest absolute Gasteiger partial charge is 0.376 e. The van der Waals surface area contributed by atoms with Crippen molar-refractivity contribution in [1.82, 2.24) is 20.2 Å². The van der Waals surface area contributed by atoms with E-state index in [1.54, 1.807) is 7.05 Å². The number of guanidine groups is 1. The molecule has 2 heterocycles. The fourth-order valence-electron chi connectivity index (χ4n) is 3.36. The molecule has 1 unspecified atom stereocenters. The van der Waals surface area contributed by atoms with Crippen molar-refractivity contribution in [1.29, 1.82) is 0 Å². The number of aromatic nitrogens is 2. The molecular weight excluding hydrogens is 409 g/mol. The molecule has 0 amide bonds. The first-order chi connectivity index (χ1) is 15.0. The SMILES string of the molecule is CN=C(NCCNc1nccc(C(F)(F)F)n1)N1CCC(COCc2ccccc2)C1. The van der Waals surface area contributed by atoms with Crippen molar-refractivity contribution in [3.05, 3.63) is 53.9 Å². The zero-order valence-electron chi connectivity index (χ0n) is 17.4. The van der Waals surface area contributed by atoms with Gasteiger partial charge in [0.25, 0.3) is 0 Å². The monoisotopic (exact) mass is 436 g/mol. The molecule has 1 aromatic carbocycles. The Morgan fingerprint density at radius 2 is 2.03 bits per heavy atom. The van der Waals surface area contributed by atoms with Crippen LogP contribution >= 0.6 is 0 Å². The average molecular weight is 436 g/mol. The van der Waals surface area contributed by atoms with E-state index in [2.05, 4.69) is 30.5 Å². The molecule has 1 aliphatic rings. The first kappa shape index (κ1) is 22.8. The minimum absolute atomic E-state index is 0.0524. The van der Waals surface area contributed by atoms with Crippen LogP contribution in [0.3, 0.4) is 0 Å². The second kappa shape index (κ2) is 10.9. The molecule has 0 saturated carbocycles. The van der Waals surface area contributed by atoms with E-state index < -0.39 is 11.9 Å². The van der Waals surface area contributed by atoms with E-state index in [4.69, 9.17) is 4.74 Å². The quantitative estimate of drug-likeness (QED) is 0.377. The Labute approximate surface area is 179 Å². The second-order valence-electron chi connectivity index (χ2n) is 7.27. The zero-order valence-corrected chi connectivity index (χ0v) is 17.4. The van der Waals surface area contributed by atoms with Crippen LogP contribution in [0.5, 0.6) is 0 Å². The number of anilines is 1. The number of nitrogens with zero attached hydrogens (tertiary/aromatic N) is 4. The maximum atomic E-state index is 12.7. The summed E-state index contributed by atoms with van der Waals surface area (Å²) in [5.41, 5.74) is 0.193. The van der Waals surface area contributed by atoms with E-state index in [0.29, 0.717) is 32.2 Å². The number of ether oxygens (including phenoxy) is 1. The Bertz CT molecular complexity index is 847. The summed E-state index contributed by atoms with van der Waals surface area (Å²) < 4.78 is 44.0. The fraction of sp³-hybridized carbons (Fsp3) is 0.476. The molecule has 0 spiro atoms. The molecule has 10 heteroatoms. The highest BCUT2D eigenvalue weighted by molar-refractivity contribution is 5.80. The van der Waals surface area contributed by atoms with E-state index in [0.717, 1.165) is 43.3 Å². The van der Waals surface area contributed by atoms with Crippen molar-refractivity contribution < 1.29 is 17.9 Å². The molecule has 31 heavy (non-hydrogen) atoms. The Hall–Kier alpha value is -2.88. The van der Waals surface area contributed by atoms with Crippen LogP contribution in [-0.4, -0.2) is 60.7 Å². The summed E-state index contributed by atoms with van der Waals surface area (Å²) in [6, 6.07) is 10.9. The van der Waals surface area contributed by atoms with Gasteiger partial charge in [0.2, 0.25) is 5.95 Å². The van der Waals surface area contributed by atoms with E-state index >= 15 is 0 Å². The number of hydrogen-bond donors (Lipinski definition) is 2. The van der Waals surface area contributed by atoms with Crippen LogP contribution in [0.25, 0.3) is 0 Å². The number of alkyl halides is 3. The molecule has 1 aliphatic heterocycles. The number of halogens is 3. The van der Waals surface area contributed by atoms with Gasteiger partial charge in [0.15, 0.2) is 5.96 Å². The minimum atomic E-state index is -4.49. The van der Waals surface area contributed by atoms with E-state index in [1.165, 1.54) is 0 Å². The Balaban J connectivity index is 1.37. The van der Waals surface area contributed by atoms with Crippen LogP contribution in [0, 0.1) is 5.92 Å². The first-order valence-electron chi connectivity index (χ1n) is 10.2. The predicted octanol–water partition coefficient (Wildman–Crippen LogP) is 3.02. The third-order valence-corrected chi connectivity index (χ3v) is 4.90. The van der Waals surface area contributed by atoms with Gasteiger partial charge < -0.3 is 20.3 Å². The van der Waals surface area contributed by atoms with Gasteiger partial charge in [0.05, 0.1) is 13.2 Å². The maximum absolute atomic E-state index is 12.7. The average Bonchev–Trinajstić information content (AvgIpc) is 3.23. The zero-order chi connectivity index (χ0) is 22.1. The Kier molecular flexibility index (Phi) is 8.05. The summed E-state index contributed by atoms with van der Waals surface area (Å²) in [4.78, 5) is 13.8. The summed E-state index contributed by atoms with van der Waals surface area (Å²) in [6.45, 7) is 3.85. The molecule has 7 nitrogen and oxygen atoms in total. The summed E-state index contributed by atoms with van der Waals surface area (Å²) in [5, 5.41) is 6.02. The Morgan fingerprint density at radius 1 is 1.23 bits per heavy atom. The number of nitrogens with one attached hydrogen (secondary N) is 2. The highest BCUT2D eigenvalue weighted by Gasteiger charge is 2.32. The summed E-state index contributed by atoms with van der Waals surface area (Å²) in [5.74, 6) is 1.14. The molecule has 2 N–H and O–H groups in total. The van der Waals surface area contributed by atoms with Crippen molar-refractivity contribution >= 4 is 11.9 Å². The molecule has 168 valence electrons. The standard InChI is InChI=1S/C21H27F3N6O/c1-25-20(28-11-10-27-19-26-9-7-18(29-19)21(22,23)24)30-12-8-17(13-30)15-31-14-16-5-3-2-4-6-16/h2-7,9,17H,8,10-15H2,1H3,(H,25,28)(H,26,27,29). The number of aliphatic imine (C=N–C) groups is 1. The maximum Gasteiger partial charge on any atom is 0.433 e. The molecule has 3 rings (SSSR count). The van der Waals surface area contributed by atoms with Crippen molar-refractivity contribution in [2.75, 3.05) is 45.2 Å². The predicted molar refractivity (Wildman–Crippen MR) is 113 cm³/mol. The number of rotatable bonds is 8. The molecule has 2 aromatic rings. The van der Waals surface area contributed by atoms with Gasteiger partial charge in [-0.25, -0.2) is 9.97 Å². The number of benzene rings is 1. The van der Waals surface area contributed by atoms with Gasteiger partial charge >= 0.3 is 6.18 Å². The summed E-state index contributed by atoms with van der Waals surface area (Å²) >= 11 is 0. The minimum Gasteiger partial charge on any atom is -0.376 e. The largest absolute Gasteiger partial charge is 0.433 e. The molecule has 0 bridgehead atoms. The van der Waals surface area contributed by atoms with Crippen LogP contribution in [-0.2, 0) is 17.5 Å². The molecule has 1 saturated heterocycles. The van der Waals surface area contributed by atoms with E-state index in [9.17, 15) is 13.2 Å². The second-order valence-corrected chi connectivity index (χ2v) is 7.27. The van der Waals surface area contributed by atoms with Gasteiger partial charge in [0.1, 0.15) is 5.69 Å². The molecule has 1 atom stereocenters. The van der Waals surface area contributed by atoms with Crippen LogP contribution < -0.4 is 10.6 Å². The number of hydrogen-bond acceptors (Lipinski definition) is 5. The third kappa shape index (κ3) is 7.09. The summed E-state index contributed by atoms with van der Waals surface area (Å²) in [7, 11) is 1.71. The highest BCUT2D eigenvalue weighted by Crippen LogP contribution is 2.27. The van der Waals surface area contributed by atoms with Crippen LogP contribution in [0.1, 0.15) is 17.7 Å². The van der Waals surface area contributed by atoms with Crippen molar-refractivity contribution in [2.45, 2.75) is 19.2 Å². The van der Waals surface area contributed by atoms with Crippen LogP contribution in [0.15, 0.2) is 47.6 Å². The molecule has 1 fully saturated rings. The lowest BCUT2D eigenvalue weighted by molar-refractivity contribution is -0.141. The molecule has 0 aliphatic carbocycles.